The molecule has 1 unspecified atom stereocenters. The van der Waals surface area contributed by atoms with Crippen molar-refractivity contribution < 1.29 is 9.21 Å². The Hall–Kier alpha value is -2.34. The van der Waals surface area contributed by atoms with Gasteiger partial charge in [-0.25, -0.2) is 0 Å². The molecule has 1 aromatic carbocycles. The minimum absolute atomic E-state index is 0.0167. The zero-order chi connectivity index (χ0) is 17.1. The lowest BCUT2D eigenvalue weighted by Crippen LogP contribution is -2.22. The Balaban J connectivity index is 1.67. The van der Waals surface area contributed by atoms with Crippen LogP contribution in [0.5, 0.6) is 0 Å². The van der Waals surface area contributed by atoms with E-state index in [1.165, 1.54) is 11.8 Å². The van der Waals surface area contributed by atoms with Gasteiger partial charge in [-0.05, 0) is 30.5 Å². The van der Waals surface area contributed by atoms with E-state index in [9.17, 15) is 4.79 Å². The van der Waals surface area contributed by atoms with Crippen LogP contribution in [0.1, 0.15) is 31.2 Å². The van der Waals surface area contributed by atoms with E-state index in [1.807, 2.05) is 34.9 Å². The number of thioether (sulfide) groups is 1. The Bertz CT molecular complexity index is 843. The highest BCUT2D eigenvalue weighted by Gasteiger charge is 2.26. The van der Waals surface area contributed by atoms with Crippen molar-refractivity contribution in [2.75, 3.05) is 0 Å². The van der Waals surface area contributed by atoms with Gasteiger partial charge in [0, 0.05) is 6.42 Å². The van der Waals surface area contributed by atoms with Gasteiger partial charge >= 0.3 is 0 Å². The summed E-state index contributed by atoms with van der Waals surface area (Å²) in [6.07, 6.45) is 5.33. The number of carbonyl (C=O) groups excluding carboxylic acids is 1. The third kappa shape index (κ3) is 3.54. The number of hydrogen-bond donors (Lipinski definition) is 0. The molecule has 4 rings (SSSR count). The Morgan fingerprint density at radius 1 is 1.12 bits per heavy atom. The standard InChI is InChI=1S/C19H19N3O2S/c23-15-9-4-5-11-17(15)25-19-21-20-18(16-10-6-12-24-16)22(19)13-14-7-2-1-3-8-14/h1-3,6-8,10,12,17H,4-5,9,11,13H2. The van der Waals surface area contributed by atoms with Crippen molar-refractivity contribution in [2.45, 2.75) is 42.6 Å². The van der Waals surface area contributed by atoms with Gasteiger partial charge in [-0.3, -0.25) is 9.36 Å². The summed E-state index contributed by atoms with van der Waals surface area (Å²) in [4.78, 5) is 12.2. The first kappa shape index (κ1) is 16.1. The number of furan rings is 1. The van der Waals surface area contributed by atoms with Gasteiger partial charge in [-0.15, -0.1) is 10.2 Å². The van der Waals surface area contributed by atoms with E-state index in [0.29, 0.717) is 30.3 Å². The maximum Gasteiger partial charge on any atom is 0.200 e. The number of rotatable bonds is 5. The number of nitrogens with zero attached hydrogens (tertiary/aromatic N) is 3. The highest BCUT2D eigenvalue weighted by Crippen LogP contribution is 2.33. The molecule has 5 nitrogen and oxygen atoms in total. The molecule has 2 aromatic heterocycles. The number of benzene rings is 1. The van der Waals surface area contributed by atoms with Gasteiger partial charge in [0.05, 0.1) is 18.1 Å². The predicted octanol–water partition coefficient (Wildman–Crippen LogP) is 4.19. The Kier molecular flexibility index (Phi) is 4.70. The second kappa shape index (κ2) is 7.27. The fraction of sp³-hybridized carbons (Fsp3) is 0.316. The van der Waals surface area contributed by atoms with Gasteiger partial charge in [0.25, 0.3) is 0 Å². The first-order valence-corrected chi connectivity index (χ1v) is 9.39. The zero-order valence-electron chi connectivity index (χ0n) is 13.8. The zero-order valence-corrected chi connectivity index (χ0v) is 14.6. The van der Waals surface area contributed by atoms with Gasteiger partial charge in [-0.1, -0.05) is 48.5 Å². The Morgan fingerprint density at radius 3 is 2.76 bits per heavy atom. The number of hydrogen-bond acceptors (Lipinski definition) is 5. The molecule has 1 fully saturated rings. The van der Waals surface area contributed by atoms with E-state index < -0.39 is 0 Å². The third-order valence-electron chi connectivity index (χ3n) is 4.39. The lowest BCUT2D eigenvalue weighted by molar-refractivity contribution is -0.119. The van der Waals surface area contributed by atoms with E-state index in [1.54, 1.807) is 6.26 Å². The van der Waals surface area contributed by atoms with Crippen LogP contribution in [0.4, 0.5) is 0 Å². The first-order valence-electron chi connectivity index (χ1n) is 8.51. The lowest BCUT2D eigenvalue weighted by Gasteiger charge is -2.19. The molecule has 1 aliphatic rings. The molecule has 0 N–H and O–H groups in total. The van der Waals surface area contributed by atoms with Crippen molar-refractivity contribution in [3.05, 3.63) is 54.3 Å². The number of ketones is 1. The van der Waals surface area contributed by atoms with Gasteiger partial charge < -0.3 is 4.42 Å². The minimum atomic E-state index is -0.0167. The second-order valence-corrected chi connectivity index (χ2v) is 7.34. The predicted molar refractivity (Wildman–Crippen MR) is 96.4 cm³/mol. The van der Waals surface area contributed by atoms with Crippen LogP contribution in [0, 0.1) is 0 Å². The average molecular weight is 353 g/mol. The third-order valence-corrected chi connectivity index (χ3v) is 5.68. The van der Waals surface area contributed by atoms with E-state index in [-0.39, 0.29) is 5.25 Å². The molecular weight excluding hydrogens is 334 g/mol. The maximum absolute atomic E-state index is 12.2. The smallest absolute Gasteiger partial charge is 0.200 e. The summed E-state index contributed by atoms with van der Waals surface area (Å²) in [5.74, 6) is 1.70. The molecule has 25 heavy (non-hydrogen) atoms. The van der Waals surface area contributed by atoms with E-state index >= 15 is 0 Å². The highest BCUT2D eigenvalue weighted by atomic mass is 32.2. The van der Waals surface area contributed by atoms with Crippen LogP contribution in [0.2, 0.25) is 0 Å². The minimum Gasteiger partial charge on any atom is -0.461 e. The van der Waals surface area contributed by atoms with Crippen LogP contribution in [-0.4, -0.2) is 25.8 Å². The molecule has 3 aromatic rings. The first-order chi connectivity index (χ1) is 12.3. The lowest BCUT2D eigenvalue weighted by atomic mass is 9.99. The Labute approximate surface area is 150 Å². The monoisotopic (exact) mass is 353 g/mol. The quantitative estimate of drug-likeness (QED) is 0.688. The summed E-state index contributed by atoms with van der Waals surface area (Å²) in [6, 6.07) is 13.9. The second-order valence-electron chi connectivity index (χ2n) is 6.17. The number of Topliss-reactive ketones (excluding diaryl/α,β-unsaturated/α-hetero) is 1. The molecule has 0 radical (unpaired) electrons. The van der Waals surface area contributed by atoms with Crippen molar-refractivity contribution in [1.82, 2.24) is 14.8 Å². The summed E-state index contributed by atoms with van der Waals surface area (Å²) in [5.41, 5.74) is 1.16. The van der Waals surface area contributed by atoms with Gasteiger partial charge in [0.15, 0.2) is 10.9 Å². The van der Waals surface area contributed by atoms with Crippen molar-refractivity contribution >= 4 is 17.5 Å². The molecule has 128 valence electrons. The largest absolute Gasteiger partial charge is 0.461 e. The summed E-state index contributed by atoms with van der Waals surface area (Å²) in [5, 5.41) is 9.45. The van der Waals surface area contributed by atoms with Crippen molar-refractivity contribution in [1.29, 1.82) is 0 Å². The highest BCUT2D eigenvalue weighted by molar-refractivity contribution is 8.00. The van der Waals surface area contributed by atoms with Crippen LogP contribution < -0.4 is 0 Å². The summed E-state index contributed by atoms with van der Waals surface area (Å²) >= 11 is 1.53. The van der Waals surface area contributed by atoms with Gasteiger partial charge in [-0.2, -0.15) is 0 Å². The van der Waals surface area contributed by atoms with E-state index in [2.05, 4.69) is 22.3 Å². The van der Waals surface area contributed by atoms with Crippen molar-refractivity contribution in [3.8, 4) is 11.6 Å². The van der Waals surface area contributed by atoms with Gasteiger partial charge in [0.2, 0.25) is 5.82 Å². The average Bonchev–Trinajstić information content (AvgIpc) is 3.28. The van der Waals surface area contributed by atoms with E-state index in [0.717, 1.165) is 30.0 Å². The van der Waals surface area contributed by atoms with Crippen molar-refractivity contribution in [3.63, 3.8) is 0 Å². The molecule has 0 spiro atoms. The van der Waals surface area contributed by atoms with Crippen LogP contribution >= 0.6 is 11.8 Å². The molecule has 2 heterocycles. The topological polar surface area (TPSA) is 60.9 Å². The fourth-order valence-electron chi connectivity index (χ4n) is 3.08. The van der Waals surface area contributed by atoms with Crippen LogP contribution in [0.3, 0.4) is 0 Å². The van der Waals surface area contributed by atoms with Crippen LogP contribution in [-0.2, 0) is 11.3 Å². The van der Waals surface area contributed by atoms with Gasteiger partial charge in [0.1, 0.15) is 5.78 Å². The van der Waals surface area contributed by atoms with Crippen LogP contribution in [0.15, 0.2) is 58.3 Å². The molecule has 1 atom stereocenters. The van der Waals surface area contributed by atoms with E-state index in [4.69, 9.17) is 4.42 Å². The SMILES string of the molecule is O=C1CCCCC1Sc1nnc(-c2ccco2)n1Cc1ccccc1. The molecule has 1 saturated carbocycles. The summed E-state index contributed by atoms with van der Waals surface area (Å²) in [6.45, 7) is 0.646. The Morgan fingerprint density at radius 2 is 2.00 bits per heavy atom. The molecule has 0 saturated heterocycles. The molecule has 6 heteroatoms. The molecule has 0 amide bonds. The maximum atomic E-state index is 12.2. The fourth-order valence-corrected chi connectivity index (χ4v) is 4.23. The molecular formula is C19H19N3O2S. The molecule has 0 bridgehead atoms. The molecule has 1 aliphatic carbocycles. The van der Waals surface area contributed by atoms with Crippen molar-refractivity contribution in [2.24, 2.45) is 0 Å². The summed E-state index contributed by atoms with van der Waals surface area (Å²) in [7, 11) is 0. The normalized spacial score (nSPS) is 17.8. The summed E-state index contributed by atoms with van der Waals surface area (Å²) < 4.78 is 7.57. The van der Waals surface area contributed by atoms with Crippen LogP contribution in [0.25, 0.3) is 11.6 Å². The molecule has 0 aliphatic heterocycles. The number of carbonyl (C=O) groups is 1. The number of aromatic nitrogens is 3.